The van der Waals surface area contributed by atoms with Gasteiger partial charge in [-0.05, 0) is 24.3 Å². The van der Waals surface area contributed by atoms with Crippen LogP contribution in [0.1, 0.15) is 0 Å². The molecule has 1 aromatic heterocycles. The van der Waals surface area contributed by atoms with E-state index in [9.17, 15) is 35.5 Å². The second-order valence-electron chi connectivity index (χ2n) is 5.64. The second-order valence-corrected chi connectivity index (χ2v) is 5.64. The molecule has 0 aliphatic rings. The molecule has 0 aliphatic carbocycles. The van der Waals surface area contributed by atoms with Gasteiger partial charge in [0.05, 0.1) is 6.07 Å². The van der Waals surface area contributed by atoms with Crippen LogP contribution >= 0.6 is 0 Å². The van der Waals surface area contributed by atoms with Crippen molar-refractivity contribution in [3.05, 3.63) is 36.1 Å². The molecule has 164 valence electrons. The number of amides is 2. The van der Waals surface area contributed by atoms with Gasteiger partial charge in [-0.25, -0.2) is 9.18 Å². The topological polar surface area (TPSA) is 76.6 Å². The van der Waals surface area contributed by atoms with E-state index in [1.165, 1.54) is 19.2 Å². The molecule has 14 heteroatoms. The van der Waals surface area contributed by atoms with E-state index >= 15 is 0 Å². The summed E-state index contributed by atoms with van der Waals surface area (Å²) >= 11 is 0. The molecule has 0 bridgehead atoms. The third-order valence-electron chi connectivity index (χ3n) is 3.18. The summed E-state index contributed by atoms with van der Waals surface area (Å²) in [5, 5.41) is 2.08. The molecule has 0 radical (unpaired) electrons. The van der Waals surface area contributed by atoms with Crippen LogP contribution in [-0.2, 0) is 0 Å². The normalized spacial score (nSPS) is 11.7. The van der Waals surface area contributed by atoms with Crippen LogP contribution in [0.3, 0.4) is 0 Å². The van der Waals surface area contributed by atoms with E-state index in [1.54, 1.807) is 0 Å². The highest BCUT2D eigenvalue weighted by Gasteiger charge is 2.30. The summed E-state index contributed by atoms with van der Waals surface area (Å²) in [6, 6.07) is 4.36. The molecule has 0 spiro atoms. The molecule has 1 N–H and O–H groups in total. The lowest BCUT2D eigenvalue weighted by atomic mass is 10.3. The van der Waals surface area contributed by atoms with Gasteiger partial charge in [0.25, 0.3) is 0 Å². The van der Waals surface area contributed by atoms with Crippen molar-refractivity contribution in [3.63, 3.8) is 0 Å². The van der Waals surface area contributed by atoms with Crippen LogP contribution in [-0.4, -0.2) is 48.6 Å². The number of hydrogen-bond acceptors (Lipinski definition) is 5. The van der Waals surface area contributed by atoms with Crippen molar-refractivity contribution >= 4 is 17.7 Å². The predicted octanol–water partition coefficient (Wildman–Crippen LogP) is 4.17. The van der Waals surface area contributed by atoms with Gasteiger partial charge in [-0.3, -0.25) is 10.2 Å². The summed E-state index contributed by atoms with van der Waals surface area (Å²) in [6.45, 7) is -3.57. The molecule has 0 atom stereocenters. The Bertz CT molecular complexity index is 836. The molecule has 7 nitrogen and oxygen atoms in total. The van der Waals surface area contributed by atoms with E-state index < -0.39 is 55.1 Å². The molecule has 2 aromatic rings. The van der Waals surface area contributed by atoms with Gasteiger partial charge in [0.2, 0.25) is 17.7 Å². The van der Waals surface area contributed by atoms with Gasteiger partial charge in [-0.15, -0.1) is 0 Å². The SMILES string of the molecule is CN(C(=O)Nc1nc(OCC(F)(F)F)cc(OCC(F)(F)F)n1)c1ccc(F)cc1. The first kappa shape index (κ1) is 23.0. The van der Waals surface area contributed by atoms with Crippen molar-refractivity contribution in [3.8, 4) is 11.8 Å². The molecule has 1 aromatic carbocycles. The molecule has 2 rings (SSSR count). The number of urea groups is 1. The lowest BCUT2D eigenvalue weighted by molar-refractivity contribution is -0.154. The fourth-order valence-corrected chi connectivity index (χ4v) is 1.88. The van der Waals surface area contributed by atoms with Crippen LogP contribution in [0.4, 0.5) is 47.2 Å². The molecular weight excluding hydrogens is 429 g/mol. The Morgan fingerprint density at radius 1 is 0.967 bits per heavy atom. The lowest BCUT2D eigenvalue weighted by Crippen LogP contribution is -2.32. The van der Waals surface area contributed by atoms with E-state index in [4.69, 9.17) is 0 Å². The molecule has 0 aliphatic heterocycles. The maximum Gasteiger partial charge on any atom is 0.422 e. The van der Waals surface area contributed by atoms with Gasteiger partial charge in [0.15, 0.2) is 13.2 Å². The van der Waals surface area contributed by atoms with Crippen LogP contribution in [0.2, 0.25) is 0 Å². The largest absolute Gasteiger partial charge is 0.468 e. The summed E-state index contributed by atoms with van der Waals surface area (Å²) in [7, 11) is 1.27. The minimum Gasteiger partial charge on any atom is -0.468 e. The maximum atomic E-state index is 13.0. The first-order chi connectivity index (χ1) is 13.8. The zero-order chi connectivity index (χ0) is 22.5. The lowest BCUT2D eigenvalue weighted by Gasteiger charge is -2.18. The number of alkyl halides is 6. The van der Waals surface area contributed by atoms with Crippen molar-refractivity contribution < 1.29 is 45.0 Å². The molecule has 0 saturated heterocycles. The first-order valence-electron chi connectivity index (χ1n) is 7.91. The van der Waals surface area contributed by atoms with E-state index in [-0.39, 0.29) is 5.69 Å². The number of hydrogen-bond donors (Lipinski definition) is 1. The van der Waals surface area contributed by atoms with E-state index in [2.05, 4.69) is 24.8 Å². The number of carbonyl (C=O) groups excluding carboxylic acids is 1. The Morgan fingerprint density at radius 3 is 1.87 bits per heavy atom. The molecular formula is C16H13F7N4O3. The number of aromatic nitrogens is 2. The van der Waals surface area contributed by atoms with Crippen LogP contribution in [0.25, 0.3) is 0 Å². The molecule has 30 heavy (non-hydrogen) atoms. The molecule has 2 amide bonds. The Labute approximate surface area is 164 Å². The Hall–Kier alpha value is -3.32. The summed E-state index contributed by atoms with van der Waals surface area (Å²) in [6.07, 6.45) is -9.49. The molecule has 0 saturated carbocycles. The number of carbonyl (C=O) groups is 1. The number of halogens is 7. The van der Waals surface area contributed by atoms with Gasteiger partial charge in [-0.1, -0.05) is 0 Å². The number of nitrogens with one attached hydrogen (secondary N) is 1. The third kappa shape index (κ3) is 7.60. The number of nitrogens with zero attached hydrogens (tertiary/aromatic N) is 3. The Balaban J connectivity index is 2.20. The third-order valence-corrected chi connectivity index (χ3v) is 3.18. The Kier molecular flexibility index (Phi) is 6.89. The van der Waals surface area contributed by atoms with Gasteiger partial charge >= 0.3 is 18.4 Å². The van der Waals surface area contributed by atoms with Crippen LogP contribution in [0, 0.1) is 5.82 Å². The van der Waals surface area contributed by atoms with Gasteiger partial charge in [0, 0.05) is 12.7 Å². The number of anilines is 2. The standard InChI is InChI=1S/C16H13F7N4O3/c1-27(10-4-2-9(17)3-5-10)14(28)26-13-24-11(29-7-15(18,19)20)6-12(25-13)30-8-16(21,22)23/h2-6H,7-8H2,1H3,(H,24,25,26,28). The molecule has 0 fully saturated rings. The summed E-state index contributed by atoms with van der Waals surface area (Å²) in [4.78, 5) is 20.2. The predicted molar refractivity (Wildman–Crippen MR) is 89.0 cm³/mol. The highest BCUT2D eigenvalue weighted by Crippen LogP contribution is 2.24. The summed E-state index contributed by atoms with van der Waals surface area (Å²) in [5.41, 5.74) is 0.229. The highest BCUT2D eigenvalue weighted by molar-refractivity contribution is 6.00. The van der Waals surface area contributed by atoms with Crippen molar-refractivity contribution in [1.82, 2.24) is 9.97 Å². The summed E-state index contributed by atoms with van der Waals surface area (Å²) in [5.74, 6) is -2.79. The van der Waals surface area contributed by atoms with E-state index in [1.807, 2.05) is 0 Å². The van der Waals surface area contributed by atoms with Crippen molar-refractivity contribution in [2.75, 3.05) is 30.5 Å². The van der Waals surface area contributed by atoms with Gasteiger partial charge in [-0.2, -0.15) is 36.3 Å². The van der Waals surface area contributed by atoms with Gasteiger partial charge in [0.1, 0.15) is 5.82 Å². The quantitative estimate of drug-likeness (QED) is 0.680. The van der Waals surface area contributed by atoms with E-state index in [0.29, 0.717) is 6.07 Å². The van der Waals surface area contributed by atoms with Crippen LogP contribution in [0.15, 0.2) is 30.3 Å². The number of ether oxygens (including phenoxy) is 2. The molecule has 0 unspecified atom stereocenters. The van der Waals surface area contributed by atoms with Gasteiger partial charge < -0.3 is 9.47 Å². The monoisotopic (exact) mass is 442 g/mol. The summed E-state index contributed by atoms with van der Waals surface area (Å²) < 4.78 is 95.7. The van der Waals surface area contributed by atoms with Crippen molar-refractivity contribution in [1.29, 1.82) is 0 Å². The fraction of sp³-hybridized carbons (Fsp3) is 0.312. The average Bonchev–Trinajstić information content (AvgIpc) is 2.63. The van der Waals surface area contributed by atoms with Crippen molar-refractivity contribution in [2.24, 2.45) is 0 Å². The zero-order valence-corrected chi connectivity index (χ0v) is 15.0. The van der Waals surface area contributed by atoms with Crippen molar-refractivity contribution in [2.45, 2.75) is 12.4 Å². The minimum absolute atomic E-state index is 0.229. The number of benzene rings is 1. The Morgan fingerprint density at radius 2 is 1.43 bits per heavy atom. The number of rotatable bonds is 6. The van der Waals surface area contributed by atoms with E-state index in [0.717, 1.165) is 17.0 Å². The smallest absolute Gasteiger partial charge is 0.422 e. The van der Waals surface area contributed by atoms with Crippen LogP contribution in [0.5, 0.6) is 11.8 Å². The van der Waals surface area contributed by atoms with Crippen LogP contribution < -0.4 is 19.7 Å². The second kappa shape index (κ2) is 9.00. The first-order valence-corrected chi connectivity index (χ1v) is 7.91. The highest BCUT2D eigenvalue weighted by atomic mass is 19.4. The zero-order valence-electron chi connectivity index (χ0n) is 15.0. The molecule has 1 heterocycles. The minimum atomic E-state index is -4.75. The maximum absolute atomic E-state index is 13.0. The fourth-order valence-electron chi connectivity index (χ4n) is 1.88. The average molecular weight is 442 g/mol.